The smallest absolute Gasteiger partial charge is 0.306 e. The first-order valence-corrected chi connectivity index (χ1v) is 4.85. The Bertz CT molecular complexity index is 381. The van der Waals surface area contributed by atoms with Crippen LogP contribution in [-0.2, 0) is 11.2 Å². The van der Waals surface area contributed by atoms with Gasteiger partial charge in [0.25, 0.3) is 0 Å². The van der Waals surface area contributed by atoms with Crippen molar-refractivity contribution in [2.24, 2.45) is 5.92 Å². The van der Waals surface area contributed by atoms with Gasteiger partial charge in [0.05, 0.1) is 5.92 Å². The third-order valence-electron chi connectivity index (χ3n) is 2.40. The molecule has 3 nitrogen and oxygen atoms in total. The Balaban J connectivity index is 2.93. The summed E-state index contributed by atoms with van der Waals surface area (Å²) in [6.45, 7) is 1.69. The van der Waals surface area contributed by atoms with Crippen molar-refractivity contribution in [3.8, 4) is 5.75 Å². The third-order valence-corrected chi connectivity index (χ3v) is 2.40. The molecule has 1 unspecified atom stereocenters. The monoisotopic (exact) mass is 230 g/mol. The Morgan fingerprint density at radius 3 is 2.25 bits per heavy atom. The molecule has 0 saturated heterocycles. The fraction of sp³-hybridized carbons (Fsp3) is 0.364. The minimum atomic E-state index is -1.07. The van der Waals surface area contributed by atoms with Crippen LogP contribution in [0.2, 0.25) is 0 Å². The summed E-state index contributed by atoms with van der Waals surface area (Å²) in [7, 11) is 0. The second-order valence-electron chi connectivity index (χ2n) is 3.56. The number of phenolic OH excluding ortho intramolecular Hbond substituents is 1. The van der Waals surface area contributed by atoms with E-state index in [1.807, 2.05) is 0 Å². The van der Waals surface area contributed by atoms with E-state index >= 15 is 0 Å². The highest BCUT2D eigenvalue weighted by atomic mass is 19.1. The molecule has 0 heterocycles. The van der Waals surface area contributed by atoms with Crippen LogP contribution >= 0.6 is 0 Å². The van der Waals surface area contributed by atoms with E-state index in [-0.39, 0.29) is 12.0 Å². The van der Waals surface area contributed by atoms with Gasteiger partial charge in [0, 0.05) is 0 Å². The van der Waals surface area contributed by atoms with Crippen molar-refractivity contribution in [2.75, 3.05) is 0 Å². The van der Waals surface area contributed by atoms with Crippen molar-refractivity contribution < 1.29 is 23.8 Å². The van der Waals surface area contributed by atoms with Crippen LogP contribution < -0.4 is 0 Å². The van der Waals surface area contributed by atoms with Gasteiger partial charge in [0.1, 0.15) is 0 Å². The molecular formula is C11H12F2O3. The maximum absolute atomic E-state index is 13.0. The van der Waals surface area contributed by atoms with Gasteiger partial charge in [-0.2, -0.15) is 0 Å². The maximum Gasteiger partial charge on any atom is 0.306 e. The van der Waals surface area contributed by atoms with Gasteiger partial charge in [-0.25, -0.2) is 8.78 Å². The number of aromatic hydroxyl groups is 1. The summed E-state index contributed by atoms with van der Waals surface area (Å²) < 4.78 is 25.9. The van der Waals surface area contributed by atoms with E-state index in [1.165, 1.54) is 0 Å². The van der Waals surface area contributed by atoms with Crippen LogP contribution in [0.1, 0.15) is 18.9 Å². The van der Waals surface area contributed by atoms with Crippen molar-refractivity contribution in [3.05, 3.63) is 29.3 Å². The molecule has 0 aliphatic rings. The summed E-state index contributed by atoms with van der Waals surface area (Å²) in [4.78, 5) is 10.7. The second kappa shape index (κ2) is 4.92. The second-order valence-corrected chi connectivity index (χ2v) is 3.56. The quantitative estimate of drug-likeness (QED) is 0.834. The molecule has 0 fully saturated rings. The van der Waals surface area contributed by atoms with Crippen LogP contribution in [-0.4, -0.2) is 16.2 Å². The zero-order valence-corrected chi connectivity index (χ0v) is 8.70. The van der Waals surface area contributed by atoms with E-state index in [0.29, 0.717) is 6.42 Å². The number of halogens is 2. The molecular weight excluding hydrogens is 218 g/mol. The number of hydrogen-bond acceptors (Lipinski definition) is 2. The molecule has 0 saturated carbocycles. The van der Waals surface area contributed by atoms with Gasteiger partial charge in [-0.05, 0) is 30.5 Å². The minimum Gasteiger partial charge on any atom is -0.503 e. The largest absolute Gasteiger partial charge is 0.503 e. The lowest BCUT2D eigenvalue weighted by molar-refractivity contribution is -0.141. The van der Waals surface area contributed by atoms with E-state index in [1.54, 1.807) is 6.92 Å². The van der Waals surface area contributed by atoms with Crippen molar-refractivity contribution in [2.45, 2.75) is 19.8 Å². The SMILES string of the molecule is CCC(Cc1cc(F)c(O)c(F)c1)C(=O)O. The lowest BCUT2D eigenvalue weighted by Gasteiger charge is -2.10. The average molecular weight is 230 g/mol. The number of carboxylic acids is 1. The molecule has 5 heteroatoms. The number of hydrogen-bond donors (Lipinski definition) is 2. The van der Waals surface area contributed by atoms with Crippen LogP contribution in [0.15, 0.2) is 12.1 Å². The van der Waals surface area contributed by atoms with Gasteiger partial charge < -0.3 is 10.2 Å². The Labute approximate surface area is 91.3 Å². The van der Waals surface area contributed by atoms with Gasteiger partial charge in [-0.3, -0.25) is 4.79 Å². The molecule has 1 aromatic rings. The molecule has 1 atom stereocenters. The molecule has 0 amide bonds. The molecule has 1 rings (SSSR count). The molecule has 2 N–H and O–H groups in total. The van der Waals surface area contributed by atoms with Gasteiger partial charge in [0.15, 0.2) is 17.4 Å². The van der Waals surface area contributed by atoms with Crippen molar-refractivity contribution in [1.82, 2.24) is 0 Å². The normalized spacial score (nSPS) is 12.4. The van der Waals surface area contributed by atoms with Crippen molar-refractivity contribution in [3.63, 3.8) is 0 Å². The summed E-state index contributed by atoms with van der Waals surface area (Å²) in [6.07, 6.45) is 0.416. The van der Waals surface area contributed by atoms with E-state index in [0.717, 1.165) is 12.1 Å². The topological polar surface area (TPSA) is 57.5 Å². The van der Waals surface area contributed by atoms with Crippen LogP contribution in [0, 0.1) is 17.6 Å². The van der Waals surface area contributed by atoms with E-state index < -0.39 is 29.3 Å². The Kier molecular flexibility index (Phi) is 3.82. The number of phenols is 1. The number of carboxylic acid groups (broad SMARTS) is 1. The lowest BCUT2D eigenvalue weighted by Crippen LogP contribution is -2.15. The van der Waals surface area contributed by atoms with Gasteiger partial charge in [0.2, 0.25) is 0 Å². The molecule has 0 aliphatic heterocycles. The maximum atomic E-state index is 13.0. The molecule has 0 aliphatic carbocycles. The molecule has 16 heavy (non-hydrogen) atoms. The zero-order valence-electron chi connectivity index (χ0n) is 8.70. The van der Waals surface area contributed by atoms with Crippen LogP contribution in [0.4, 0.5) is 8.78 Å². The highest BCUT2D eigenvalue weighted by Gasteiger charge is 2.18. The Morgan fingerprint density at radius 1 is 1.38 bits per heavy atom. The fourth-order valence-electron chi connectivity index (χ4n) is 1.43. The highest BCUT2D eigenvalue weighted by Crippen LogP contribution is 2.23. The van der Waals surface area contributed by atoms with Gasteiger partial charge in [-0.15, -0.1) is 0 Å². The zero-order chi connectivity index (χ0) is 12.3. The summed E-state index contributed by atoms with van der Waals surface area (Å²) in [5, 5.41) is 17.7. The van der Waals surface area contributed by atoms with E-state index in [2.05, 4.69) is 0 Å². The summed E-state index contributed by atoms with van der Waals surface area (Å²) >= 11 is 0. The molecule has 88 valence electrons. The minimum absolute atomic E-state index is 0.0416. The van der Waals surface area contributed by atoms with Crippen LogP contribution in [0.3, 0.4) is 0 Å². The van der Waals surface area contributed by atoms with Crippen molar-refractivity contribution >= 4 is 5.97 Å². The lowest BCUT2D eigenvalue weighted by atomic mass is 9.97. The van der Waals surface area contributed by atoms with E-state index in [9.17, 15) is 13.6 Å². The first-order valence-electron chi connectivity index (χ1n) is 4.85. The van der Waals surface area contributed by atoms with Crippen LogP contribution in [0.25, 0.3) is 0 Å². The average Bonchev–Trinajstić information content (AvgIpc) is 2.21. The summed E-state index contributed by atoms with van der Waals surface area (Å²) in [5.41, 5.74) is 0.224. The third kappa shape index (κ3) is 2.68. The molecule has 1 aromatic carbocycles. The van der Waals surface area contributed by atoms with Gasteiger partial charge in [-0.1, -0.05) is 6.92 Å². The number of aliphatic carboxylic acids is 1. The fourth-order valence-corrected chi connectivity index (χ4v) is 1.43. The Hall–Kier alpha value is -1.65. The van der Waals surface area contributed by atoms with Crippen molar-refractivity contribution in [1.29, 1.82) is 0 Å². The summed E-state index contributed by atoms with van der Waals surface area (Å²) in [5.74, 6) is -4.86. The highest BCUT2D eigenvalue weighted by molar-refractivity contribution is 5.70. The predicted molar refractivity (Wildman–Crippen MR) is 53.1 cm³/mol. The van der Waals surface area contributed by atoms with E-state index in [4.69, 9.17) is 10.2 Å². The number of benzene rings is 1. The first kappa shape index (κ1) is 12.4. The first-order chi connectivity index (χ1) is 7.45. The molecule has 0 aromatic heterocycles. The molecule has 0 radical (unpaired) electrons. The Morgan fingerprint density at radius 2 is 1.88 bits per heavy atom. The number of carbonyl (C=O) groups is 1. The standard InChI is InChI=1S/C11H12F2O3/c1-2-7(11(15)16)3-6-4-8(12)10(14)9(13)5-6/h4-5,7,14H,2-3H2,1H3,(H,15,16). The van der Waals surface area contributed by atoms with Crippen LogP contribution in [0.5, 0.6) is 5.75 Å². The van der Waals surface area contributed by atoms with Gasteiger partial charge >= 0.3 is 5.97 Å². The summed E-state index contributed by atoms with van der Waals surface area (Å²) in [6, 6.07) is 1.90. The molecule has 0 spiro atoms. The molecule has 0 bridgehead atoms. The number of rotatable bonds is 4. The predicted octanol–water partition coefficient (Wildman–Crippen LogP) is 2.32.